The third-order valence-electron chi connectivity index (χ3n) is 6.33. The lowest BCUT2D eigenvalue weighted by Gasteiger charge is -2.17. The molecular formula is C30H28BrFN4. The Morgan fingerprint density at radius 3 is 2.31 bits per heavy atom. The second-order valence-electron chi connectivity index (χ2n) is 9.30. The molecule has 2 heterocycles. The molecule has 0 unspecified atom stereocenters. The summed E-state index contributed by atoms with van der Waals surface area (Å²) in [7, 11) is 2.08. The molecule has 0 atom stereocenters. The first-order chi connectivity index (χ1) is 17.4. The summed E-state index contributed by atoms with van der Waals surface area (Å²) in [5, 5.41) is 0. The van der Waals surface area contributed by atoms with E-state index in [1.807, 2.05) is 24.3 Å². The molecule has 0 aliphatic heterocycles. The van der Waals surface area contributed by atoms with Gasteiger partial charge >= 0.3 is 0 Å². The second kappa shape index (κ2) is 10.7. The van der Waals surface area contributed by atoms with Crippen LogP contribution in [0, 0.1) is 12.7 Å². The monoisotopic (exact) mass is 542 g/mol. The van der Waals surface area contributed by atoms with E-state index in [1.54, 1.807) is 6.20 Å². The van der Waals surface area contributed by atoms with Gasteiger partial charge in [0.05, 0.1) is 11.0 Å². The third kappa shape index (κ3) is 5.72. The first kappa shape index (κ1) is 24.3. The van der Waals surface area contributed by atoms with Gasteiger partial charge in [0, 0.05) is 30.3 Å². The smallest absolute Gasteiger partial charge is 0.159 e. The number of benzene rings is 3. The summed E-state index contributed by atoms with van der Waals surface area (Å²) in [6.07, 6.45) is 2.71. The van der Waals surface area contributed by atoms with Gasteiger partial charge in [-0.1, -0.05) is 64.0 Å². The predicted molar refractivity (Wildman–Crippen MR) is 147 cm³/mol. The molecule has 0 aliphatic rings. The van der Waals surface area contributed by atoms with Crippen LogP contribution in [0.25, 0.3) is 22.6 Å². The molecule has 0 amide bonds. The first-order valence-electron chi connectivity index (χ1n) is 12.0. The predicted octanol–water partition coefficient (Wildman–Crippen LogP) is 7.18. The van der Waals surface area contributed by atoms with Crippen LogP contribution in [0.15, 0.2) is 89.5 Å². The molecule has 182 valence electrons. The van der Waals surface area contributed by atoms with E-state index in [0.29, 0.717) is 0 Å². The van der Waals surface area contributed by atoms with Crippen molar-refractivity contribution in [3.05, 3.63) is 118 Å². The fourth-order valence-corrected chi connectivity index (χ4v) is 4.82. The number of imidazole rings is 1. The van der Waals surface area contributed by atoms with E-state index >= 15 is 0 Å². The van der Waals surface area contributed by atoms with E-state index in [4.69, 9.17) is 4.98 Å². The minimum Gasteiger partial charge on any atom is -0.322 e. The van der Waals surface area contributed by atoms with Gasteiger partial charge in [0.1, 0.15) is 11.5 Å². The molecule has 36 heavy (non-hydrogen) atoms. The summed E-state index contributed by atoms with van der Waals surface area (Å²) >= 11 is 3.58. The number of fused-ring (bicyclic) bond motifs is 1. The molecule has 0 N–H and O–H groups in total. The van der Waals surface area contributed by atoms with E-state index in [-0.39, 0.29) is 5.82 Å². The Morgan fingerprint density at radius 2 is 1.56 bits per heavy atom. The van der Waals surface area contributed by atoms with Crippen molar-refractivity contribution in [2.24, 2.45) is 0 Å². The Bertz CT molecular complexity index is 1480. The zero-order chi connectivity index (χ0) is 25.1. The van der Waals surface area contributed by atoms with E-state index in [1.165, 1.54) is 28.8 Å². The lowest BCUT2D eigenvalue weighted by atomic mass is 10.1. The maximum absolute atomic E-state index is 13.3. The lowest BCUT2D eigenvalue weighted by Crippen LogP contribution is -2.17. The summed E-state index contributed by atoms with van der Waals surface area (Å²) < 4.78 is 16.5. The van der Waals surface area contributed by atoms with Crippen LogP contribution in [-0.4, -0.2) is 26.5 Å². The number of halogens is 2. The minimum absolute atomic E-state index is 0.207. The summed E-state index contributed by atoms with van der Waals surface area (Å²) in [5.74, 6) is 0.664. The van der Waals surface area contributed by atoms with Crippen LogP contribution in [-0.2, 0) is 26.1 Å². The van der Waals surface area contributed by atoms with Gasteiger partial charge in [0.15, 0.2) is 5.82 Å². The minimum atomic E-state index is -0.207. The number of hydrogen-bond acceptors (Lipinski definition) is 3. The van der Waals surface area contributed by atoms with Gasteiger partial charge in [-0.25, -0.2) is 9.37 Å². The fraction of sp³-hybridized carbons (Fsp3) is 0.200. The number of aryl methyl sites for hydroxylation is 3. The number of rotatable bonds is 8. The molecule has 5 rings (SSSR count). The van der Waals surface area contributed by atoms with Crippen LogP contribution in [0.2, 0.25) is 0 Å². The van der Waals surface area contributed by atoms with Gasteiger partial charge in [-0.3, -0.25) is 9.88 Å². The molecule has 0 aliphatic carbocycles. The van der Waals surface area contributed by atoms with Gasteiger partial charge in [0.25, 0.3) is 0 Å². The third-order valence-corrected chi connectivity index (χ3v) is 6.82. The normalized spacial score (nSPS) is 11.5. The summed E-state index contributed by atoms with van der Waals surface area (Å²) in [6, 6.07) is 25.8. The van der Waals surface area contributed by atoms with E-state index < -0.39 is 0 Å². The highest BCUT2D eigenvalue weighted by atomic mass is 79.9. The van der Waals surface area contributed by atoms with Gasteiger partial charge in [-0.15, -0.1) is 0 Å². The Morgan fingerprint density at radius 1 is 0.861 bits per heavy atom. The van der Waals surface area contributed by atoms with Crippen molar-refractivity contribution in [3.8, 4) is 11.5 Å². The summed E-state index contributed by atoms with van der Waals surface area (Å²) in [6.45, 7) is 4.44. The van der Waals surface area contributed by atoms with Crippen molar-refractivity contribution < 1.29 is 4.39 Å². The van der Waals surface area contributed by atoms with Gasteiger partial charge in [0.2, 0.25) is 0 Å². The molecule has 0 saturated heterocycles. The zero-order valence-electron chi connectivity index (χ0n) is 20.5. The molecule has 3 aromatic carbocycles. The average molecular weight is 543 g/mol. The molecule has 4 nitrogen and oxygen atoms in total. The van der Waals surface area contributed by atoms with Crippen molar-refractivity contribution in [3.63, 3.8) is 0 Å². The largest absolute Gasteiger partial charge is 0.322 e. The standard InChI is InChI=1S/C30H28BrFN4/c1-21-3-5-22(6-4-21)14-16-36-29-17-24(20-35(2)19-23-7-10-26(32)11-8-23)9-12-27(29)34-30(36)28-18-25(31)13-15-33-28/h3-13,15,17-18H,14,16,19-20H2,1-2H3. The molecule has 2 aromatic heterocycles. The van der Waals surface area contributed by atoms with Crippen molar-refractivity contribution in [1.29, 1.82) is 0 Å². The van der Waals surface area contributed by atoms with Crippen LogP contribution in [0.3, 0.4) is 0 Å². The lowest BCUT2D eigenvalue weighted by molar-refractivity contribution is 0.319. The number of nitrogens with zero attached hydrogens (tertiary/aromatic N) is 4. The van der Waals surface area contributed by atoms with Crippen LogP contribution < -0.4 is 0 Å². The van der Waals surface area contributed by atoms with Gasteiger partial charge in [-0.2, -0.15) is 0 Å². The molecule has 0 radical (unpaired) electrons. The van der Waals surface area contributed by atoms with Crippen LogP contribution in [0.5, 0.6) is 0 Å². The number of aromatic nitrogens is 3. The highest BCUT2D eigenvalue weighted by Gasteiger charge is 2.15. The Balaban J connectivity index is 1.45. The Kier molecular flexibility index (Phi) is 7.25. The topological polar surface area (TPSA) is 34.0 Å². The molecule has 0 saturated carbocycles. The van der Waals surface area contributed by atoms with Gasteiger partial charge in [-0.05, 0) is 73.5 Å². The van der Waals surface area contributed by atoms with Crippen molar-refractivity contribution in [1.82, 2.24) is 19.4 Å². The van der Waals surface area contributed by atoms with Crippen molar-refractivity contribution in [2.45, 2.75) is 33.0 Å². The van der Waals surface area contributed by atoms with Crippen molar-refractivity contribution in [2.75, 3.05) is 7.05 Å². The number of pyridine rings is 1. The van der Waals surface area contributed by atoms with Crippen molar-refractivity contribution >= 4 is 27.0 Å². The highest BCUT2D eigenvalue weighted by Crippen LogP contribution is 2.27. The van der Waals surface area contributed by atoms with Gasteiger partial charge < -0.3 is 4.57 Å². The SMILES string of the molecule is Cc1ccc(CCn2c(-c3cc(Br)ccn3)nc3ccc(CN(C)Cc4ccc(F)cc4)cc32)cc1. The van der Waals surface area contributed by atoms with E-state index in [2.05, 4.69) is 86.8 Å². The molecule has 0 bridgehead atoms. The first-order valence-corrected chi connectivity index (χ1v) is 12.8. The molecule has 0 spiro atoms. The van der Waals surface area contributed by atoms with Crippen LogP contribution in [0.4, 0.5) is 4.39 Å². The maximum atomic E-state index is 13.3. The van der Waals surface area contributed by atoms with E-state index in [0.717, 1.165) is 58.6 Å². The molecular weight excluding hydrogens is 515 g/mol. The molecule has 6 heteroatoms. The quantitative estimate of drug-likeness (QED) is 0.208. The molecule has 5 aromatic rings. The Hall–Kier alpha value is -3.35. The van der Waals surface area contributed by atoms with Crippen LogP contribution >= 0.6 is 15.9 Å². The van der Waals surface area contributed by atoms with E-state index in [9.17, 15) is 4.39 Å². The summed E-state index contributed by atoms with van der Waals surface area (Å²) in [5.41, 5.74) is 7.76. The average Bonchev–Trinajstić information content (AvgIpc) is 3.23. The second-order valence-corrected chi connectivity index (χ2v) is 10.2. The number of hydrogen-bond donors (Lipinski definition) is 0. The molecule has 0 fully saturated rings. The highest BCUT2D eigenvalue weighted by molar-refractivity contribution is 9.10. The van der Waals surface area contributed by atoms with Crippen LogP contribution in [0.1, 0.15) is 22.3 Å². The Labute approximate surface area is 219 Å². The maximum Gasteiger partial charge on any atom is 0.159 e. The zero-order valence-corrected chi connectivity index (χ0v) is 22.0. The summed E-state index contributed by atoms with van der Waals surface area (Å²) in [4.78, 5) is 11.8. The fourth-order valence-electron chi connectivity index (χ4n) is 4.48.